The zero-order chi connectivity index (χ0) is 13.5. The van der Waals surface area contributed by atoms with Crippen LogP contribution in [0.4, 0.5) is 0 Å². The minimum absolute atomic E-state index is 0.0554. The number of ether oxygens (including phenoxy) is 1. The van der Waals surface area contributed by atoms with Gasteiger partial charge in [0.05, 0.1) is 0 Å². The molecule has 2 aliphatic heterocycles. The van der Waals surface area contributed by atoms with Crippen molar-refractivity contribution in [2.75, 3.05) is 26.3 Å². The monoisotopic (exact) mass is 278 g/mol. The molecule has 0 aromatic heterocycles. The van der Waals surface area contributed by atoms with Gasteiger partial charge in [-0.1, -0.05) is 19.3 Å². The Kier molecular flexibility index (Phi) is 3.47. The summed E-state index contributed by atoms with van der Waals surface area (Å²) in [5.74, 6) is 2.98. The molecule has 2 heterocycles. The van der Waals surface area contributed by atoms with E-state index in [4.69, 9.17) is 4.74 Å². The third-order valence-corrected chi connectivity index (χ3v) is 6.15. The summed E-state index contributed by atoms with van der Waals surface area (Å²) in [5.41, 5.74) is 0. The van der Waals surface area contributed by atoms with E-state index in [2.05, 4.69) is 10.2 Å². The van der Waals surface area contributed by atoms with Gasteiger partial charge in [0.25, 0.3) is 0 Å². The van der Waals surface area contributed by atoms with Crippen LogP contribution in [0.3, 0.4) is 0 Å². The largest absolute Gasteiger partial charge is 0.462 e. The predicted molar refractivity (Wildman–Crippen MR) is 76.0 cm³/mol. The Balaban J connectivity index is 1.47. The number of fused-ring (bicyclic) bond motifs is 2. The maximum absolute atomic E-state index is 11.9. The summed E-state index contributed by atoms with van der Waals surface area (Å²) in [6.45, 7) is 4.31. The normalized spacial score (nSPS) is 45.0. The Bertz CT molecular complexity index is 381. The van der Waals surface area contributed by atoms with Crippen LogP contribution in [0.1, 0.15) is 38.5 Å². The lowest BCUT2D eigenvalue weighted by Crippen LogP contribution is -2.48. The van der Waals surface area contributed by atoms with Gasteiger partial charge in [0.1, 0.15) is 6.10 Å². The van der Waals surface area contributed by atoms with E-state index in [1.165, 1.54) is 25.7 Å². The number of carbonyl (C=O) groups is 1. The van der Waals surface area contributed by atoms with Crippen LogP contribution in [-0.2, 0) is 9.53 Å². The van der Waals surface area contributed by atoms with E-state index >= 15 is 0 Å². The van der Waals surface area contributed by atoms with E-state index in [1.807, 2.05) is 0 Å². The molecule has 20 heavy (non-hydrogen) atoms. The van der Waals surface area contributed by atoms with Crippen molar-refractivity contribution in [2.45, 2.75) is 44.6 Å². The number of esters is 1. The number of hydrogen-bond donors (Lipinski definition) is 1. The third-order valence-electron chi connectivity index (χ3n) is 6.15. The molecule has 0 amide bonds. The molecule has 5 atom stereocenters. The lowest BCUT2D eigenvalue weighted by Gasteiger charge is -2.45. The van der Waals surface area contributed by atoms with Crippen molar-refractivity contribution in [3.8, 4) is 0 Å². The number of rotatable bonds is 2. The Labute approximate surface area is 121 Å². The molecule has 2 saturated heterocycles. The van der Waals surface area contributed by atoms with Crippen LogP contribution in [0, 0.1) is 23.7 Å². The fraction of sp³-hybridized carbons (Fsp3) is 0.938. The zero-order valence-corrected chi connectivity index (χ0v) is 12.2. The van der Waals surface area contributed by atoms with E-state index in [9.17, 15) is 4.79 Å². The predicted octanol–water partition coefficient (Wildman–Crippen LogP) is 1.61. The molecular weight excluding hydrogens is 252 g/mol. The van der Waals surface area contributed by atoms with Gasteiger partial charge < -0.3 is 10.1 Å². The molecular formula is C16H26N2O2. The van der Waals surface area contributed by atoms with Crippen molar-refractivity contribution in [3.05, 3.63) is 0 Å². The number of nitrogens with zero attached hydrogens (tertiary/aromatic N) is 1. The first-order valence-corrected chi connectivity index (χ1v) is 8.42. The minimum Gasteiger partial charge on any atom is -0.462 e. The summed E-state index contributed by atoms with van der Waals surface area (Å²) in [6, 6.07) is 0. The summed E-state index contributed by atoms with van der Waals surface area (Å²) in [6.07, 6.45) is 7.52. The quantitative estimate of drug-likeness (QED) is 0.779. The lowest BCUT2D eigenvalue weighted by atomic mass is 9.67. The molecule has 2 saturated carbocycles. The molecule has 4 fully saturated rings. The first kappa shape index (κ1) is 13.1. The Morgan fingerprint density at radius 2 is 2.10 bits per heavy atom. The van der Waals surface area contributed by atoms with Gasteiger partial charge in [-0.25, -0.2) is 0 Å². The van der Waals surface area contributed by atoms with Crippen molar-refractivity contribution in [1.82, 2.24) is 10.2 Å². The molecule has 0 aromatic carbocycles. The van der Waals surface area contributed by atoms with Gasteiger partial charge in [-0.05, 0) is 30.6 Å². The molecule has 4 heteroatoms. The molecule has 4 aliphatic rings. The second-order valence-electron chi connectivity index (χ2n) is 7.31. The van der Waals surface area contributed by atoms with E-state index in [0.717, 1.165) is 44.6 Å². The first-order chi connectivity index (χ1) is 9.79. The zero-order valence-electron chi connectivity index (χ0n) is 12.2. The second kappa shape index (κ2) is 5.30. The van der Waals surface area contributed by atoms with Crippen LogP contribution in [0.25, 0.3) is 0 Å². The average Bonchev–Trinajstić information content (AvgIpc) is 3.06. The number of carbonyl (C=O) groups excluding carboxylic acids is 1. The van der Waals surface area contributed by atoms with Crippen LogP contribution < -0.4 is 5.32 Å². The highest BCUT2D eigenvalue weighted by molar-refractivity contribution is 5.71. The SMILES string of the molecule is O=C1CC(CN2CCNC2)C2CC3CCCC3CC2O1. The molecule has 5 unspecified atom stereocenters. The molecule has 2 aliphatic carbocycles. The highest BCUT2D eigenvalue weighted by Crippen LogP contribution is 2.49. The summed E-state index contributed by atoms with van der Waals surface area (Å²) in [4.78, 5) is 14.4. The van der Waals surface area contributed by atoms with Crippen LogP contribution >= 0.6 is 0 Å². The van der Waals surface area contributed by atoms with Gasteiger partial charge >= 0.3 is 5.97 Å². The van der Waals surface area contributed by atoms with E-state index in [0.29, 0.717) is 18.3 Å². The summed E-state index contributed by atoms with van der Waals surface area (Å²) < 4.78 is 5.72. The standard InChI is InChI=1S/C16H26N2O2/c19-16-8-13(9-18-5-4-17-10-18)14-6-11-2-1-3-12(11)7-15(14)20-16/h11-15,17H,1-10H2. The smallest absolute Gasteiger partial charge is 0.306 e. The Hall–Kier alpha value is -0.610. The van der Waals surface area contributed by atoms with Crippen molar-refractivity contribution in [2.24, 2.45) is 23.7 Å². The minimum atomic E-state index is 0.0554. The Morgan fingerprint density at radius 1 is 1.25 bits per heavy atom. The molecule has 0 aromatic rings. The van der Waals surface area contributed by atoms with Gasteiger partial charge in [0, 0.05) is 38.6 Å². The van der Waals surface area contributed by atoms with E-state index < -0.39 is 0 Å². The maximum Gasteiger partial charge on any atom is 0.306 e. The molecule has 1 N–H and O–H groups in total. The molecule has 0 radical (unpaired) electrons. The fourth-order valence-corrected chi connectivity index (χ4v) is 5.16. The van der Waals surface area contributed by atoms with Crippen molar-refractivity contribution in [3.63, 3.8) is 0 Å². The highest BCUT2D eigenvalue weighted by atomic mass is 16.5. The maximum atomic E-state index is 11.9. The number of nitrogens with one attached hydrogen (secondary N) is 1. The second-order valence-corrected chi connectivity index (χ2v) is 7.31. The van der Waals surface area contributed by atoms with Crippen molar-refractivity contribution in [1.29, 1.82) is 0 Å². The van der Waals surface area contributed by atoms with Crippen LogP contribution in [-0.4, -0.2) is 43.3 Å². The van der Waals surface area contributed by atoms with Gasteiger partial charge in [0.15, 0.2) is 0 Å². The molecule has 4 rings (SSSR count). The van der Waals surface area contributed by atoms with Gasteiger partial charge in [-0.15, -0.1) is 0 Å². The van der Waals surface area contributed by atoms with Crippen molar-refractivity contribution >= 4 is 5.97 Å². The topological polar surface area (TPSA) is 41.6 Å². The van der Waals surface area contributed by atoms with E-state index in [1.54, 1.807) is 0 Å². The average molecular weight is 278 g/mol. The molecule has 0 spiro atoms. The molecule has 112 valence electrons. The van der Waals surface area contributed by atoms with Crippen LogP contribution in [0.2, 0.25) is 0 Å². The molecule has 4 nitrogen and oxygen atoms in total. The van der Waals surface area contributed by atoms with Gasteiger partial charge in [0.2, 0.25) is 0 Å². The highest BCUT2D eigenvalue weighted by Gasteiger charge is 2.47. The van der Waals surface area contributed by atoms with Gasteiger partial charge in [-0.2, -0.15) is 0 Å². The molecule has 0 bridgehead atoms. The van der Waals surface area contributed by atoms with Crippen molar-refractivity contribution < 1.29 is 9.53 Å². The van der Waals surface area contributed by atoms with Gasteiger partial charge in [-0.3, -0.25) is 9.69 Å². The summed E-state index contributed by atoms with van der Waals surface area (Å²) in [7, 11) is 0. The van der Waals surface area contributed by atoms with Crippen LogP contribution in [0.15, 0.2) is 0 Å². The third kappa shape index (κ3) is 2.37. The number of hydrogen-bond acceptors (Lipinski definition) is 4. The Morgan fingerprint density at radius 3 is 2.90 bits per heavy atom. The first-order valence-electron chi connectivity index (χ1n) is 8.42. The van der Waals surface area contributed by atoms with Crippen LogP contribution in [0.5, 0.6) is 0 Å². The van der Waals surface area contributed by atoms with E-state index in [-0.39, 0.29) is 12.1 Å². The fourth-order valence-electron chi connectivity index (χ4n) is 5.16. The summed E-state index contributed by atoms with van der Waals surface area (Å²) >= 11 is 0. The summed E-state index contributed by atoms with van der Waals surface area (Å²) in [5, 5.41) is 3.39. The lowest BCUT2D eigenvalue weighted by molar-refractivity contribution is -0.170.